The largest absolute Gasteiger partial charge is 0.440 e. The summed E-state index contributed by atoms with van der Waals surface area (Å²) in [6.45, 7) is 9.62. The molecule has 1 aromatic heterocycles. The number of rotatable bonds is 6. The lowest BCUT2D eigenvalue weighted by Crippen LogP contribution is -2.37. The van der Waals surface area contributed by atoms with E-state index in [4.69, 9.17) is 4.42 Å². The van der Waals surface area contributed by atoms with Crippen LogP contribution in [0.5, 0.6) is 0 Å². The Bertz CT molecular complexity index is 1410. The Morgan fingerprint density at radius 3 is 2.40 bits per heavy atom. The topological polar surface area (TPSA) is 79.6 Å². The number of halogens is 2. The highest BCUT2D eigenvalue weighted by Crippen LogP contribution is 2.35. The van der Waals surface area contributed by atoms with Crippen molar-refractivity contribution in [1.29, 1.82) is 0 Å². The van der Waals surface area contributed by atoms with Gasteiger partial charge in [0.1, 0.15) is 5.58 Å². The Balaban J connectivity index is 1.76. The first-order chi connectivity index (χ1) is 16.4. The second-order valence-electron chi connectivity index (χ2n) is 10.00. The van der Waals surface area contributed by atoms with Gasteiger partial charge in [-0.3, -0.25) is 4.79 Å². The molecular formula is C26H30F2N2O4S. The van der Waals surface area contributed by atoms with Crippen molar-refractivity contribution in [2.45, 2.75) is 57.2 Å². The number of hydrogen-bond donors (Lipinski definition) is 1. The smallest absolute Gasteiger partial charge is 0.341 e. The van der Waals surface area contributed by atoms with Crippen LogP contribution in [-0.4, -0.2) is 27.3 Å². The highest BCUT2D eigenvalue weighted by atomic mass is 32.2. The number of alkyl halides is 2. The SMILES string of the molecule is Cc1cc(C(C)Nc2ccccc2S(=O)(=O)C(F)F)c2oc(N3CCC(C)(C)CC3)cc(=O)c2c1. The fourth-order valence-electron chi connectivity index (χ4n) is 4.47. The van der Waals surface area contributed by atoms with Crippen LogP contribution >= 0.6 is 0 Å². The van der Waals surface area contributed by atoms with Gasteiger partial charge in [0.2, 0.25) is 9.84 Å². The van der Waals surface area contributed by atoms with Crippen molar-refractivity contribution in [2.24, 2.45) is 5.41 Å². The van der Waals surface area contributed by atoms with E-state index in [1.165, 1.54) is 18.2 Å². The van der Waals surface area contributed by atoms with Gasteiger partial charge in [0.15, 0.2) is 11.3 Å². The van der Waals surface area contributed by atoms with Crippen LogP contribution in [0.2, 0.25) is 0 Å². The average molecular weight is 505 g/mol. The van der Waals surface area contributed by atoms with E-state index in [1.54, 1.807) is 19.1 Å². The second kappa shape index (κ2) is 9.26. The molecule has 1 fully saturated rings. The van der Waals surface area contributed by atoms with Crippen molar-refractivity contribution in [1.82, 2.24) is 0 Å². The van der Waals surface area contributed by atoms with Crippen LogP contribution in [0.3, 0.4) is 0 Å². The second-order valence-corrected chi connectivity index (χ2v) is 11.9. The summed E-state index contributed by atoms with van der Waals surface area (Å²) < 4.78 is 57.1. The molecule has 0 aliphatic carbocycles. The van der Waals surface area contributed by atoms with E-state index in [2.05, 4.69) is 24.1 Å². The summed E-state index contributed by atoms with van der Waals surface area (Å²) in [5.74, 6) is -3.04. The number of anilines is 2. The minimum Gasteiger partial charge on any atom is -0.440 e. The fourth-order valence-corrected chi connectivity index (χ4v) is 5.37. The molecule has 3 aromatic rings. The van der Waals surface area contributed by atoms with Gasteiger partial charge in [0, 0.05) is 24.7 Å². The van der Waals surface area contributed by atoms with Gasteiger partial charge >= 0.3 is 5.76 Å². The van der Waals surface area contributed by atoms with Crippen LogP contribution in [0.15, 0.2) is 56.6 Å². The van der Waals surface area contributed by atoms with Crippen molar-refractivity contribution >= 4 is 32.4 Å². The Morgan fingerprint density at radius 2 is 1.74 bits per heavy atom. The molecule has 1 aliphatic heterocycles. The number of aryl methyl sites for hydroxylation is 1. The summed E-state index contributed by atoms with van der Waals surface area (Å²) in [7, 11) is -4.80. The number of benzene rings is 2. The van der Waals surface area contributed by atoms with Crippen molar-refractivity contribution in [3.05, 3.63) is 63.8 Å². The molecule has 1 saturated heterocycles. The highest BCUT2D eigenvalue weighted by molar-refractivity contribution is 7.91. The molecule has 9 heteroatoms. The molecule has 188 valence electrons. The third-order valence-corrected chi connectivity index (χ3v) is 8.12. The molecule has 0 radical (unpaired) electrons. The van der Waals surface area contributed by atoms with Crippen LogP contribution in [-0.2, 0) is 9.84 Å². The van der Waals surface area contributed by atoms with Crippen LogP contribution in [0.1, 0.15) is 50.8 Å². The van der Waals surface area contributed by atoms with Gasteiger partial charge in [-0.05, 0) is 55.9 Å². The van der Waals surface area contributed by atoms with E-state index in [9.17, 15) is 22.0 Å². The summed E-state index contributed by atoms with van der Waals surface area (Å²) >= 11 is 0. The molecule has 4 rings (SSSR count). The summed E-state index contributed by atoms with van der Waals surface area (Å²) in [5, 5.41) is 3.47. The first kappa shape index (κ1) is 25.2. The average Bonchev–Trinajstić information content (AvgIpc) is 2.79. The number of piperidine rings is 1. The molecule has 1 unspecified atom stereocenters. The summed E-state index contributed by atoms with van der Waals surface area (Å²) in [6.07, 6.45) is 1.95. The number of nitrogens with zero attached hydrogens (tertiary/aromatic N) is 1. The van der Waals surface area contributed by atoms with Gasteiger partial charge in [0.05, 0.1) is 22.0 Å². The Hall–Kier alpha value is -2.94. The van der Waals surface area contributed by atoms with Gasteiger partial charge in [-0.15, -0.1) is 0 Å². The van der Waals surface area contributed by atoms with E-state index in [-0.39, 0.29) is 16.5 Å². The Labute approximate surface area is 203 Å². The standard InChI is InChI=1S/C26H30F2N2O4S/c1-16-13-18(17(2)29-20-7-5-6-8-22(20)35(32,33)25(27)28)24-19(14-16)21(31)15-23(34-24)30-11-9-26(3,4)10-12-30/h5-8,13-15,17,25,29H,9-12H2,1-4H3. The van der Waals surface area contributed by atoms with E-state index < -0.39 is 26.5 Å². The van der Waals surface area contributed by atoms with Gasteiger partial charge < -0.3 is 14.6 Å². The monoisotopic (exact) mass is 504 g/mol. The zero-order chi connectivity index (χ0) is 25.5. The normalized spacial score (nSPS) is 17.1. The van der Waals surface area contributed by atoms with Crippen molar-refractivity contribution < 1.29 is 21.6 Å². The summed E-state index contributed by atoms with van der Waals surface area (Å²) in [5.41, 5.74) is 2.00. The third-order valence-electron chi connectivity index (χ3n) is 6.68. The highest BCUT2D eigenvalue weighted by Gasteiger charge is 2.30. The van der Waals surface area contributed by atoms with Crippen molar-refractivity contribution in [3.8, 4) is 0 Å². The van der Waals surface area contributed by atoms with Gasteiger partial charge in [-0.2, -0.15) is 8.78 Å². The lowest BCUT2D eigenvalue weighted by molar-refractivity contribution is 0.235. The molecule has 6 nitrogen and oxygen atoms in total. The zero-order valence-corrected chi connectivity index (χ0v) is 21.1. The van der Waals surface area contributed by atoms with E-state index in [0.29, 0.717) is 22.4 Å². The predicted octanol–water partition coefficient (Wildman–Crippen LogP) is 5.90. The Morgan fingerprint density at radius 1 is 1.09 bits per heavy atom. The van der Waals surface area contributed by atoms with Crippen LogP contribution in [0, 0.1) is 12.3 Å². The lowest BCUT2D eigenvalue weighted by atomic mass is 9.83. The molecule has 2 aromatic carbocycles. The van der Waals surface area contributed by atoms with Crippen molar-refractivity contribution in [3.63, 3.8) is 0 Å². The molecular weight excluding hydrogens is 474 g/mol. The maximum absolute atomic E-state index is 13.2. The lowest BCUT2D eigenvalue weighted by Gasteiger charge is -2.37. The number of nitrogens with one attached hydrogen (secondary N) is 1. The Kier molecular flexibility index (Phi) is 6.66. The first-order valence-electron chi connectivity index (χ1n) is 11.6. The summed E-state index contributed by atoms with van der Waals surface area (Å²) in [6, 6.07) is 10.2. The first-order valence-corrected chi connectivity index (χ1v) is 13.1. The van der Waals surface area contributed by atoms with Crippen LogP contribution in [0.4, 0.5) is 20.4 Å². The van der Waals surface area contributed by atoms with E-state index in [1.807, 2.05) is 13.0 Å². The molecule has 0 saturated carbocycles. The maximum atomic E-state index is 13.2. The molecule has 2 heterocycles. The molecule has 0 spiro atoms. The molecule has 0 amide bonds. The summed E-state index contributed by atoms with van der Waals surface area (Å²) in [4.78, 5) is 14.6. The quantitative estimate of drug-likeness (QED) is 0.450. The van der Waals surface area contributed by atoms with Crippen molar-refractivity contribution in [2.75, 3.05) is 23.3 Å². The van der Waals surface area contributed by atoms with Crippen LogP contribution in [0.25, 0.3) is 11.0 Å². The third kappa shape index (κ3) is 5.05. The van der Waals surface area contributed by atoms with Gasteiger partial charge in [0.25, 0.3) is 0 Å². The van der Waals surface area contributed by atoms with Crippen LogP contribution < -0.4 is 15.6 Å². The fraction of sp³-hybridized carbons (Fsp3) is 0.423. The molecule has 0 bridgehead atoms. The molecule has 35 heavy (non-hydrogen) atoms. The minimum atomic E-state index is -4.80. The molecule has 1 atom stereocenters. The predicted molar refractivity (Wildman–Crippen MR) is 134 cm³/mol. The zero-order valence-electron chi connectivity index (χ0n) is 20.3. The number of fused-ring (bicyclic) bond motifs is 1. The van der Waals surface area contributed by atoms with Gasteiger partial charge in [-0.25, -0.2) is 8.42 Å². The van der Waals surface area contributed by atoms with E-state index >= 15 is 0 Å². The molecule has 1 N–H and O–H groups in total. The molecule has 1 aliphatic rings. The van der Waals surface area contributed by atoms with E-state index in [0.717, 1.165) is 37.6 Å². The number of hydrogen-bond acceptors (Lipinski definition) is 6. The maximum Gasteiger partial charge on any atom is 0.341 e. The minimum absolute atomic E-state index is 0.0618. The van der Waals surface area contributed by atoms with Gasteiger partial charge in [-0.1, -0.05) is 32.0 Å². The number of para-hydroxylation sites is 1. The number of sulfone groups is 1.